The summed E-state index contributed by atoms with van der Waals surface area (Å²) in [7, 11) is 0. The van der Waals surface area contributed by atoms with E-state index in [9.17, 15) is 0 Å². The fraction of sp³-hybridized carbons (Fsp3) is 0. The SMILES string of the molecule is c1ccc(-c2ccc(-c3cc(-c4ccc(-c5ccccc5)cc4)nc(-n4c5ccccc5c5cc(-c6ccc7c(c6)c6ccccc6n7-c6ccccc6)ccc54)c3)cc2)cc1. The van der Waals surface area contributed by atoms with Gasteiger partial charge in [0.15, 0.2) is 0 Å². The Balaban J connectivity index is 1.01. The van der Waals surface area contributed by atoms with Crippen molar-refractivity contribution in [1.29, 1.82) is 0 Å². The molecule has 0 saturated carbocycles. The Hall–Kier alpha value is -8.27. The third kappa shape index (κ3) is 6.10. The van der Waals surface area contributed by atoms with Crippen LogP contribution in [-0.4, -0.2) is 14.1 Å². The summed E-state index contributed by atoms with van der Waals surface area (Å²) in [5, 5.41) is 4.88. The molecule has 0 spiro atoms. The molecule has 12 aromatic rings. The van der Waals surface area contributed by atoms with E-state index in [1.807, 2.05) is 0 Å². The van der Waals surface area contributed by atoms with Gasteiger partial charge in [-0.15, -0.1) is 0 Å². The molecule has 0 aliphatic heterocycles. The highest BCUT2D eigenvalue weighted by atomic mass is 15.1. The number of aromatic nitrogens is 3. The molecule has 62 heavy (non-hydrogen) atoms. The Bertz CT molecular complexity index is 3480. The molecule has 290 valence electrons. The molecule has 0 atom stereocenters. The number of para-hydroxylation sites is 3. The minimum absolute atomic E-state index is 0.880. The number of rotatable bonds is 7. The van der Waals surface area contributed by atoms with Crippen LogP contribution in [0.2, 0.25) is 0 Å². The molecule has 0 fully saturated rings. The second-order valence-electron chi connectivity index (χ2n) is 16.0. The summed E-state index contributed by atoms with van der Waals surface area (Å²) in [5.74, 6) is 0.880. The smallest absolute Gasteiger partial charge is 0.138 e. The topological polar surface area (TPSA) is 22.8 Å². The van der Waals surface area contributed by atoms with E-state index in [1.54, 1.807) is 0 Å². The fourth-order valence-electron chi connectivity index (χ4n) is 9.30. The number of pyridine rings is 1. The van der Waals surface area contributed by atoms with E-state index in [0.717, 1.165) is 44.9 Å². The maximum atomic E-state index is 5.47. The lowest BCUT2D eigenvalue weighted by Gasteiger charge is -2.14. The Labute approximate surface area is 360 Å². The number of benzene rings is 9. The molecule has 0 saturated heterocycles. The Kier molecular flexibility index (Phi) is 8.50. The Morgan fingerprint density at radius 1 is 0.242 bits per heavy atom. The highest BCUT2D eigenvalue weighted by molar-refractivity contribution is 6.12. The maximum Gasteiger partial charge on any atom is 0.138 e. The van der Waals surface area contributed by atoms with Gasteiger partial charge in [-0.25, -0.2) is 4.98 Å². The van der Waals surface area contributed by atoms with Crippen molar-refractivity contribution in [3.63, 3.8) is 0 Å². The molecule has 0 bridgehead atoms. The summed E-state index contributed by atoms with van der Waals surface area (Å²) in [6.45, 7) is 0. The van der Waals surface area contributed by atoms with Gasteiger partial charge >= 0.3 is 0 Å². The monoisotopic (exact) mass is 789 g/mol. The summed E-state index contributed by atoms with van der Waals surface area (Å²) in [4.78, 5) is 5.47. The quantitative estimate of drug-likeness (QED) is 0.158. The van der Waals surface area contributed by atoms with Crippen molar-refractivity contribution in [3.05, 3.63) is 237 Å². The predicted molar refractivity (Wildman–Crippen MR) is 260 cm³/mol. The van der Waals surface area contributed by atoms with Gasteiger partial charge in [0.2, 0.25) is 0 Å². The Morgan fingerprint density at radius 3 is 1.18 bits per heavy atom. The standard InChI is InChI=1S/C59H39N3/c1-4-14-40(15-5-1)42-24-26-44(27-25-42)48-38-54(45-30-28-43(29-31-45)41-16-6-2-7-17-41)60-59(39-48)62-56-23-13-11-21-51(56)53-37-47(33-35-58(53)62)46-32-34-57-52(36-46)50-20-10-12-22-55(50)61(57)49-18-8-3-9-19-49/h1-39H. The highest BCUT2D eigenvalue weighted by Crippen LogP contribution is 2.39. The van der Waals surface area contributed by atoms with Gasteiger partial charge in [-0.3, -0.25) is 4.57 Å². The summed E-state index contributed by atoms with van der Waals surface area (Å²) >= 11 is 0. The molecule has 0 aliphatic rings. The highest BCUT2D eigenvalue weighted by Gasteiger charge is 2.18. The number of nitrogens with zero attached hydrogens (tertiary/aromatic N) is 3. The normalized spacial score (nSPS) is 11.5. The minimum atomic E-state index is 0.880. The van der Waals surface area contributed by atoms with Crippen molar-refractivity contribution in [2.45, 2.75) is 0 Å². The van der Waals surface area contributed by atoms with Crippen LogP contribution in [-0.2, 0) is 0 Å². The van der Waals surface area contributed by atoms with E-state index in [4.69, 9.17) is 4.98 Å². The molecule has 0 N–H and O–H groups in total. The molecular formula is C59H39N3. The molecule has 3 nitrogen and oxygen atoms in total. The average Bonchev–Trinajstić information content (AvgIpc) is 3.87. The van der Waals surface area contributed by atoms with Gasteiger partial charge < -0.3 is 4.57 Å². The maximum absolute atomic E-state index is 5.47. The molecule has 3 heteroatoms. The van der Waals surface area contributed by atoms with E-state index >= 15 is 0 Å². The van der Waals surface area contributed by atoms with Gasteiger partial charge in [-0.2, -0.15) is 0 Å². The predicted octanol–water partition coefficient (Wildman–Crippen LogP) is 15.6. The number of hydrogen-bond donors (Lipinski definition) is 0. The van der Waals surface area contributed by atoms with E-state index < -0.39 is 0 Å². The van der Waals surface area contributed by atoms with Crippen LogP contribution in [0.1, 0.15) is 0 Å². The molecule has 0 unspecified atom stereocenters. The van der Waals surface area contributed by atoms with Crippen molar-refractivity contribution >= 4 is 43.6 Å². The van der Waals surface area contributed by atoms with Crippen molar-refractivity contribution in [1.82, 2.24) is 14.1 Å². The third-order valence-electron chi connectivity index (χ3n) is 12.3. The number of hydrogen-bond acceptors (Lipinski definition) is 1. The summed E-state index contributed by atoms with van der Waals surface area (Å²) in [6.07, 6.45) is 0. The van der Waals surface area contributed by atoms with Crippen LogP contribution in [0.4, 0.5) is 0 Å². The number of fused-ring (bicyclic) bond motifs is 6. The van der Waals surface area contributed by atoms with E-state index in [1.165, 1.54) is 66.0 Å². The molecule has 3 aromatic heterocycles. The molecule has 3 heterocycles. The first-order valence-corrected chi connectivity index (χ1v) is 21.2. The van der Waals surface area contributed by atoms with Crippen LogP contribution in [0.5, 0.6) is 0 Å². The summed E-state index contributed by atoms with van der Waals surface area (Å²) < 4.78 is 4.71. The average molecular weight is 790 g/mol. The second kappa shape index (κ2) is 14.8. The van der Waals surface area contributed by atoms with Crippen molar-refractivity contribution in [2.24, 2.45) is 0 Å². The first kappa shape index (κ1) is 35.7. The molecule has 12 rings (SSSR count). The van der Waals surface area contributed by atoms with Crippen LogP contribution in [0.25, 0.3) is 111 Å². The molecule has 0 radical (unpaired) electrons. The van der Waals surface area contributed by atoms with Crippen molar-refractivity contribution in [3.8, 4) is 67.3 Å². The van der Waals surface area contributed by atoms with Gasteiger partial charge in [0, 0.05) is 32.8 Å². The lowest BCUT2D eigenvalue weighted by molar-refractivity contribution is 1.08. The molecular weight excluding hydrogens is 751 g/mol. The van der Waals surface area contributed by atoms with Gasteiger partial charge in [-0.1, -0.05) is 176 Å². The first-order chi connectivity index (χ1) is 30.7. The summed E-state index contributed by atoms with van der Waals surface area (Å²) in [6, 6.07) is 85.2. The van der Waals surface area contributed by atoms with E-state index in [-0.39, 0.29) is 0 Å². The Morgan fingerprint density at radius 2 is 0.629 bits per heavy atom. The molecule has 9 aromatic carbocycles. The molecule has 0 aliphatic carbocycles. The second-order valence-corrected chi connectivity index (χ2v) is 16.0. The van der Waals surface area contributed by atoms with Crippen LogP contribution < -0.4 is 0 Å². The van der Waals surface area contributed by atoms with Gasteiger partial charge in [0.1, 0.15) is 5.82 Å². The zero-order valence-corrected chi connectivity index (χ0v) is 33.9. The zero-order chi connectivity index (χ0) is 41.0. The van der Waals surface area contributed by atoms with E-state index in [0.29, 0.717) is 0 Å². The lowest BCUT2D eigenvalue weighted by Crippen LogP contribution is -2.00. The zero-order valence-electron chi connectivity index (χ0n) is 33.9. The van der Waals surface area contributed by atoms with E-state index in [2.05, 4.69) is 246 Å². The van der Waals surface area contributed by atoms with Crippen LogP contribution >= 0.6 is 0 Å². The van der Waals surface area contributed by atoms with Gasteiger partial charge in [0.05, 0.1) is 27.8 Å². The largest absolute Gasteiger partial charge is 0.309 e. The first-order valence-electron chi connectivity index (χ1n) is 21.2. The molecule has 0 amide bonds. The summed E-state index contributed by atoms with van der Waals surface area (Å²) in [5.41, 5.74) is 17.2. The lowest BCUT2D eigenvalue weighted by atomic mass is 9.98. The van der Waals surface area contributed by atoms with Crippen LogP contribution in [0.15, 0.2) is 237 Å². The van der Waals surface area contributed by atoms with Gasteiger partial charge in [0.25, 0.3) is 0 Å². The van der Waals surface area contributed by atoms with Crippen LogP contribution in [0.3, 0.4) is 0 Å². The van der Waals surface area contributed by atoms with Gasteiger partial charge in [-0.05, 0) is 105 Å². The van der Waals surface area contributed by atoms with Crippen LogP contribution in [0, 0.1) is 0 Å². The van der Waals surface area contributed by atoms with Crippen molar-refractivity contribution in [2.75, 3.05) is 0 Å². The fourth-order valence-corrected chi connectivity index (χ4v) is 9.30. The minimum Gasteiger partial charge on any atom is -0.309 e. The third-order valence-corrected chi connectivity index (χ3v) is 12.3. The van der Waals surface area contributed by atoms with Crippen molar-refractivity contribution < 1.29 is 0 Å².